The minimum atomic E-state index is 0.475. The minimum Gasteiger partial charge on any atom is -0.497 e. The van der Waals surface area contributed by atoms with E-state index in [2.05, 4.69) is 41.9 Å². The van der Waals surface area contributed by atoms with E-state index in [1.807, 2.05) is 13.1 Å². The summed E-state index contributed by atoms with van der Waals surface area (Å²) in [4.78, 5) is 0. The number of ether oxygens (including phenoxy) is 1. The van der Waals surface area contributed by atoms with Gasteiger partial charge in [-0.2, -0.15) is 0 Å². The Morgan fingerprint density at radius 2 is 2.06 bits per heavy atom. The highest BCUT2D eigenvalue weighted by molar-refractivity contribution is 5.83. The Kier molecular flexibility index (Phi) is 3.92. The van der Waals surface area contributed by atoms with E-state index in [1.54, 1.807) is 7.11 Å². The number of aromatic nitrogens is 1. The molecule has 1 aromatic carbocycles. The van der Waals surface area contributed by atoms with Crippen molar-refractivity contribution < 1.29 is 4.74 Å². The largest absolute Gasteiger partial charge is 0.497 e. The van der Waals surface area contributed by atoms with Gasteiger partial charge in [0.05, 0.1) is 7.11 Å². The second-order valence-electron chi connectivity index (χ2n) is 4.88. The third kappa shape index (κ3) is 2.36. The Morgan fingerprint density at radius 3 is 2.67 bits per heavy atom. The number of likely N-dealkylation sites (N-methyl/N-ethyl adjacent to an activating group) is 1. The number of nitrogens with zero attached hydrogens (tertiary/aromatic N) is 1. The minimum absolute atomic E-state index is 0.475. The maximum Gasteiger partial charge on any atom is 0.119 e. The van der Waals surface area contributed by atoms with Crippen molar-refractivity contribution in [3.63, 3.8) is 0 Å². The molecular weight excluding hydrogens is 224 g/mol. The van der Waals surface area contributed by atoms with Crippen LogP contribution in [0.5, 0.6) is 5.75 Å². The summed E-state index contributed by atoms with van der Waals surface area (Å²) < 4.78 is 7.70. The molecule has 98 valence electrons. The molecule has 0 aliphatic carbocycles. The van der Waals surface area contributed by atoms with E-state index in [0.717, 1.165) is 18.7 Å². The summed E-state index contributed by atoms with van der Waals surface area (Å²) >= 11 is 0. The van der Waals surface area contributed by atoms with Crippen molar-refractivity contribution >= 4 is 10.9 Å². The van der Waals surface area contributed by atoms with Crippen LogP contribution in [0.2, 0.25) is 0 Å². The molecule has 2 rings (SSSR count). The molecule has 3 heteroatoms. The molecule has 0 fully saturated rings. The summed E-state index contributed by atoms with van der Waals surface area (Å²) in [5.74, 6) is 0.920. The highest BCUT2D eigenvalue weighted by Crippen LogP contribution is 2.27. The topological polar surface area (TPSA) is 26.2 Å². The maximum atomic E-state index is 5.29. The number of hydrogen-bond donors (Lipinski definition) is 1. The summed E-state index contributed by atoms with van der Waals surface area (Å²) in [6, 6.07) is 9.04. The van der Waals surface area contributed by atoms with Gasteiger partial charge in [0.25, 0.3) is 0 Å². The van der Waals surface area contributed by atoms with Crippen LogP contribution in [-0.2, 0) is 6.42 Å². The van der Waals surface area contributed by atoms with Crippen LogP contribution in [0.25, 0.3) is 10.9 Å². The third-order valence-electron chi connectivity index (χ3n) is 3.27. The van der Waals surface area contributed by atoms with E-state index in [-0.39, 0.29) is 0 Å². The predicted octanol–water partition coefficient (Wildman–Crippen LogP) is 2.99. The molecule has 3 nitrogen and oxygen atoms in total. The van der Waals surface area contributed by atoms with Crippen LogP contribution in [0.15, 0.2) is 24.3 Å². The number of fused-ring (bicyclic) bond motifs is 1. The highest BCUT2D eigenvalue weighted by Gasteiger charge is 2.11. The molecule has 0 radical (unpaired) electrons. The first-order valence-electron chi connectivity index (χ1n) is 6.49. The normalized spacial score (nSPS) is 11.4. The van der Waals surface area contributed by atoms with E-state index in [4.69, 9.17) is 4.74 Å². The van der Waals surface area contributed by atoms with Crippen LogP contribution in [0, 0.1) is 0 Å². The zero-order valence-corrected chi connectivity index (χ0v) is 11.7. The molecule has 1 aromatic heterocycles. The quantitative estimate of drug-likeness (QED) is 0.877. The Morgan fingerprint density at radius 1 is 1.28 bits per heavy atom. The van der Waals surface area contributed by atoms with Gasteiger partial charge < -0.3 is 14.6 Å². The summed E-state index contributed by atoms with van der Waals surface area (Å²) in [7, 11) is 3.70. The van der Waals surface area contributed by atoms with E-state index in [9.17, 15) is 0 Å². The lowest BCUT2D eigenvalue weighted by atomic mass is 10.2. The molecule has 0 spiro atoms. The molecule has 1 heterocycles. The van der Waals surface area contributed by atoms with Gasteiger partial charge in [0.1, 0.15) is 5.75 Å². The van der Waals surface area contributed by atoms with E-state index < -0.39 is 0 Å². The molecule has 0 aliphatic rings. The van der Waals surface area contributed by atoms with Crippen LogP contribution in [-0.4, -0.2) is 25.3 Å². The third-order valence-corrected chi connectivity index (χ3v) is 3.27. The fourth-order valence-corrected chi connectivity index (χ4v) is 2.45. The number of benzene rings is 1. The molecular formula is C15H22N2O. The molecule has 0 amide bonds. The molecule has 0 bridgehead atoms. The van der Waals surface area contributed by atoms with E-state index in [0.29, 0.717) is 6.04 Å². The molecule has 18 heavy (non-hydrogen) atoms. The fraction of sp³-hybridized carbons (Fsp3) is 0.467. The second kappa shape index (κ2) is 5.44. The fourth-order valence-electron chi connectivity index (χ4n) is 2.45. The molecule has 0 unspecified atom stereocenters. The molecule has 0 aliphatic heterocycles. The van der Waals surface area contributed by atoms with Crippen LogP contribution in [0.3, 0.4) is 0 Å². The van der Waals surface area contributed by atoms with Gasteiger partial charge in [-0.3, -0.25) is 0 Å². The lowest BCUT2D eigenvalue weighted by Crippen LogP contribution is -2.14. The highest BCUT2D eigenvalue weighted by atomic mass is 16.5. The summed E-state index contributed by atoms with van der Waals surface area (Å²) in [6.45, 7) is 5.46. The zero-order chi connectivity index (χ0) is 13.1. The Hall–Kier alpha value is -1.48. The van der Waals surface area contributed by atoms with Crippen molar-refractivity contribution in [1.29, 1.82) is 0 Å². The second-order valence-corrected chi connectivity index (χ2v) is 4.88. The van der Waals surface area contributed by atoms with Crippen LogP contribution in [0.1, 0.15) is 25.6 Å². The van der Waals surface area contributed by atoms with Gasteiger partial charge in [-0.1, -0.05) is 0 Å². The van der Waals surface area contributed by atoms with Gasteiger partial charge in [-0.15, -0.1) is 0 Å². The predicted molar refractivity (Wildman–Crippen MR) is 76.5 cm³/mol. The number of hydrogen-bond acceptors (Lipinski definition) is 2. The average Bonchev–Trinajstić information content (AvgIpc) is 2.73. The first-order chi connectivity index (χ1) is 8.67. The van der Waals surface area contributed by atoms with Crippen LogP contribution in [0.4, 0.5) is 0 Å². The average molecular weight is 246 g/mol. The molecule has 2 aromatic rings. The summed E-state index contributed by atoms with van der Waals surface area (Å²) in [6.07, 6.45) is 1.05. The van der Waals surface area contributed by atoms with Gasteiger partial charge in [0, 0.05) is 35.6 Å². The summed E-state index contributed by atoms with van der Waals surface area (Å²) in [5.41, 5.74) is 2.67. The molecule has 0 saturated heterocycles. The first kappa shape index (κ1) is 13.0. The molecule has 0 saturated carbocycles. The Bertz CT molecular complexity index is 529. The number of nitrogens with one attached hydrogen (secondary N) is 1. The zero-order valence-electron chi connectivity index (χ0n) is 11.7. The van der Waals surface area contributed by atoms with Crippen molar-refractivity contribution in [2.75, 3.05) is 20.7 Å². The van der Waals surface area contributed by atoms with Crippen molar-refractivity contribution in [1.82, 2.24) is 9.88 Å². The van der Waals surface area contributed by atoms with Crippen LogP contribution < -0.4 is 10.1 Å². The molecule has 1 N–H and O–H groups in total. The Balaban J connectivity index is 2.51. The monoisotopic (exact) mass is 246 g/mol. The van der Waals surface area contributed by atoms with Crippen molar-refractivity contribution in [2.45, 2.75) is 26.3 Å². The number of methoxy groups -OCH3 is 1. The van der Waals surface area contributed by atoms with Gasteiger partial charge in [-0.25, -0.2) is 0 Å². The van der Waals surface area contributed by atoms with Crippen LogP contribution >= 0.6 is 0 Å². The first-order valence-corrected chi connectivity index (χ1v) is 6.49. The molecule has 0 atom stereocenters. The van der Waals surface area contributed by atoms with Gasteiger partial charge in [-0.05, 0) is 45.2 Å². The van der Waals surface area contributed by atoms with E-state index >= 15 is 0 Å². The smallest absolute Gasteiger partial charge is 0.119 e. The lowest BCUT2D eigenvalue weighted by Gasteiger charge is -2.14. The van der Waals surface area contributed by atoms with E-state index in [1.165, 1.54) is 16.6 Å². The standard InChI is InChI=1S/C15H22N2O/c1-11(2)17-13(7-8-16-3)9-12-10-14(18-4)5-6-15(12)17/h5-6,9-11,16H,7-8H2,1-4H3. The van der Waals surface area contributed by atoms with Crippen molar-refractivity contribution in [3.05, 3.63) is 30.0 Å². The van der Waals surface area contributed by atoms with Gasteiger partial charge >= 0.3 is 0 Å². The van der Waals surface area contributed by atoms with Crippen molar-refractivity contribution in [2.24, 2.45) is 0 Å². The SMILES string of the molecule is CNCCc1cc2cc(OC)ccc2n1C(C)C. The lowest BCUT2D eigenvalue weighted by molar-refractivity contribution is 0.415. The van der Waals surface area contributed by atoms with Crippen molar-refractivity contribution in [3.8, 4) is 5.75 Å². The number of rotatable bonds is 5. The van der Waals surface area contributed by atoms with Gasteiger partial charge in [0.2, 0.25) is 0 Å². The maximum absolute atomic E-state index is 5.29. The van der Waals surface area contributed by atoms with Gasteiger partial charge in [0.15, 0.2) is 0 Å². The Labute approximate surface area is 109 Å². The summed E-state index contributed by atoms with van der Waals surface area (Å²) in [5, 5.41) is 4.47.